The number of nitrogens with one attached hydrogen (secondary N) is 1. The summed E-state index contributed by atoms with van der Waals surface area (Å²) in [4.78, 5) is 2.90. The maximum atomic E-state index is 3.75. The Bertz CT molecular complexity index is 318. The quantitative estimate of drug-likeness (QED) is 0.780. The molecule has 1 N–H and O–H groups in total. The molecule has 1 saturated carbocycles. The second kappa shape index (κ2) is 5.83. The minimum Gasteiger partial charge on any atom is -0.309 e. The van der Waals surface area contributed by atoms with Crippen LogP contribution < -0.4 is 5.32 Å². The molecule has 1 aliphatic carbocycles. The van der Waals surface area contributed by atoms with Crippen LogP contribution in [0.3, 0.4) is 0 Å². The fourth-order valence-corrected chi connectivity index (χ4v) is 3.45. The molecule has 2 heteroatoms. The first-order valence-electron chi connectivity index (χ1n) is 6.54. The molecule has 1 aromatic rings. The van der Waals surface area contributed by atoms with E-state index in [1.807, 2.05) is 11.3 Å². The molecule has 16 heavy (non-hydrogen) atoms. The fourth-order valence-electron chi connectivity index (χ4n) is 2.61. The minimum atomic E-state index is 0.741. The average Bonchev–Trinajstić information content (AvgIpc) is 2.56. The summed E-state index contributed by atoms with van der Waals surface area (Å²) in [5, 5.41) is 3.75. The van der Waals surface area contributed by atoms with Crippen LogP contribution in [-0.4, -0.2) is 6.04 Å². The van der Waals surface area contributed by atoms with Gasteiger partial charge in [0.15, 0.2) is 0 Å². The summed E-state index contributed by atoms with van der Waals surface area (Å²) < 4.78 is 0. The molecule has 1 heterocycles. The predicted molar refractivity (Wildman–Crippen MR) is 71.9 cm³/mol. The van der Waals surface area contributed by atoms with Crippen LogP contribution in [0, 0.1) is 12.8 Å². The van der Waals surface area contributed by atoms with E-state index < -0.39 is 0 Å². The molecule has 2 rings (SSSR count). The molecule has 1 nitrogen and oxygen atoms in total. The van der Waals surface area contributed by atoms with E-state index >= 15 is 0 Å². The van der Waals surface area contributed by atoms with E-state index in [9.17, 15) is 0 Å². The first-order chi connectivity index (χ1) is 7.75. The van der Waals surface area contributed by atoms with Crippen molar-refractivity contribution in [2.45, 2.75) is 58.5 Å². The molecule has 0 bridgehead atoms. The number of hydrogen-bond acceptors (Lipinski definition) is 2. The summed E-state index contributed by atoms with van der Waals surface area (Å²) in [7, 11) is 0. The third-order valence-electron chi connectivity index (χ3n) is 3.70. The van der Waals surface area contributed by atoms with E-state index in [0.717, 1.165) is 18.5 Å². The van der Waals surface area contributed by atoms with Gasteiger partial charge in [-0.1, -0.05) is 26.2 Å². The Kier molecular flexibility index (Phi) is 4.42. The van der Waals surface area contributed by atoms with Crippen molar-refractivity contribution in [1.82, 2.24) is 5.32 Å². The lowest BCUT2D eigenvalue weighted by atomic mass is 9.97. The summed E-state index contributed by atoms with van der Waals surface area (Å²) in [5.74, 6) is 0.851. The van der Waals surface area contributed by atoms with Gasteiger partial charge < -0.3 is 5.32 Å². The number of rotatable bonds is 3. The topological polar surface area (TPSA) is 12.0 Å². The van der Waals surface area contributed by atoms with Crippen molar-refractivity contribution >= 4 is 11.3 Å². The van der Waals surface area contributed by atoms with Gasteiger partial charge in [-0.15, -0.1) is 11.3 Å². The van der Waals surface area contributed by atoms with Crippen LogP contribution in [0.15, 0.2) is 12.1 Å². The van der Waals surface area contributed by atoms with E-state index in [1.165, 1.54) is 41.9 Å². The first kappa shape index (κ1) is 12.1. The maximum Gasteiger partial charge on any atom is 0.0302 e. The minimum absolute atomic E-state index is 0.741. The number of aryl methyl sites for hydroxylation is 1. The van der Waals surface area contributed by atoms with Crippen LogP contribution in [0.5, 0.6) is 0 Å². The zero-order valence-electron chi connectivity index (χ0n) is 10.5. The smallest absolute Gasteiger partial charge is 0.0302 e. The SMILES string of the molecule is Cc1ccc(CNC2CCCCCC2C)s1. The van der Waals surface area contributed by atoms with E-state index in [1.54, 1.807) is 0 Å². The summed E-state index contributed by atoms with van der Waals surface area (Å²) in [6.07, 6.45) is 7.04. The summed E-state index contributed by atoms with van der Waals surface area (Å²) in [5.41, 5.74) is 0. The Labute approximate surface area is 103 Å². The van der Waals surface area contributed by atoms with Crippen LogP contribution in [0.2, 0.25) is 0 Å². The molecule has 2 unspecified atom stereocenters. The lowest BCUT2D eigenvalue weighted by Crippen LogP contribution is -2.33. The molecule has 0 aliphatic heterocycles. The van der Waals surface area contributed by atoms with Gasteiger partial charge in [-0.05, 0) is 37.8 Å². The van der Waals surface area contributed by atoms with Gasteiger partial charge in [-0.3, -0.25) is 0 Å². The molecule has 1 aliphatic rings. The van der Waals surface area contributed by atoms with Crippen LogP contribution in [-0.2, 0) is 6.54 Å². The molecule has 0 aromatic carbocycles. The highest BCUT2D eigenvalue weighted by molar-refractivity contribution is 7.11. The van der Waals surface area contributed by atoms with E-state index in [4.69, 9.17) is 0 Å². The Balaban J connectivity index is 1.83. The molecule has 2 atom stereocenters. The molecule has 0 radical (unpaired) electrons. The molecular formula is C14H23NS. The van der Waals surface area contributed by atoms with Crippen LogP contribution in [0.4, 0.5) is 0 Å². The fraction of sp³-hybridized carbons (Fsp3) is 0.714. The second-order valence-electron chi connectivity index (χ2n) is 5.12. The molecule has 0 amide bonds. The van der Waals surface area contributed by atoms with Crippen molar-refractivity contribution < 1.29 is 0 Å². The predicted octanol–water partition coefficient (Wildman–Crippen LogP) is 4.11. The van der Waals surface area contributed by atoms with E-state index in [0.29, 0.717) is 0 Å². The third kappa shape index (κ3) is 3.33. The van der Waals surface area contributed by atoms with Crippen LogP contribution >= 0.6 is 11.3 Å². The maximum absolute atomic E-state index is 3.75. The Morgan fingerprint density at radius 1 is 1.25 bits per heavy atom. The van der Waals surface area contributed by atoms with Crippen molar-refractivity contribution in [1.29, 1.82) is 0 Å². The van der Waals surface area contributed by atoms with E-state index in [-0.39, 0.29) is 0 Å². The highest BCUT2D eigenvalue weighted by Gasteiger charge is 2.19. The molecule has 0 saturated heterocycles. The normalized spacial score (nSPS) is 26.6. The number of thiophene rings is 1. The standard InChI is InChI=1S/C14H23NS/c1-11-6-4-3-5-7-14(11)15-10-13-9-8-12(2)16-13/h8-9,11,14-15H,3-7,10H2,1-2H3. The Morgan fingerprint density at radius 3 is 2.81 bits per heavy atom. The molecular weight excluding hydrogens is 214 g/mol. The van der Waals surface area contributed by atoms with Gasteiger partial charge in [0, 0.05) is 22.3 Å². The van der Waals surface area contributed by atoms with Crippen molar-refractivity contribution in [3.63, 3.8) is 0 Å². The summed E-state index contributed by atoms with van der Waals surface area (Å²) in [6.45, 7) is 5.65. The first-order valence-corrected chi connectivity index (χ1v) is 7.36. The van der Waals surface area contributed by atoms with Crippen molar-refractivity contribution in [2.75, 3.05) is 0 Å². The summed E-state index contributed by atoms with van der Waals surface area (Å²) >= 11 is 1.92. The second-order valence-corrected chi connectivity index (χ2v) is 6.49. The highest BCUT2D eigenvalue weighted by atomic mass is 32.1. The zero-order valence-corrected chi connectivity index (χ0v) is 11.3. The van der Waals surface area contributed by atoms with Gasteiger partial charge in [0.2, 0.25) is 0 Å². The monoisotopic (exact) mass is 237 g/mol. The Hall–Kier alpha value is -0.340. The van der Waals surface area contributed by atoms with Crippen molar-refractivity contribution in [3.05, 3.63) is 21.9 Å². The largest absolute Gasteiger partial charge is 0.309 e. The molecule has 1 aromatic heterocycles. The van der Waals surface area contributed by atoms with E-state index in [2.05, 4.69) is 31.3 Å². The molecule has 0 spiro atoms. The highest BCUT2D eigenvalue weighted by Crippen LogP contribution is 2.24. The van der Waals surface area contributed by atoms with Crippen LogP contribution in [0.1, 0.15) is 48.8 Å². The molecule has 1 fully saturated rings. The molecule has 90 valence electrons. The van der Waals surface area contributed by atoms with Crippen molar-refractivity contribution in [3.8, 4) is 0 Å². The van der Waals surface area contributed by atoms with Gasteiger partial charge in [0.1, 0.15) is 0 Å². The van der Waals surface area contributed by atoms with Gasteiger partial charge in [0.05, 0.1) is 0 Å². The lowest BCUT2D eigenvalue weighted by Gasteiger charge is -2.22. The van der Waals surface area contributed by atoms with Crippen LogP contribution in [0.25, 0.3) is 0 Å². The van der Waals surface area contributed by atoms with Gasteiger partial charge in [-0.2, -0.15) is 0 Å². The van der Waals surface area contributed by atoms with Gasteiger partial charge >= 0.3 is 0 Å². The van der Waals surface area contributed by atoms with Crippen molar-refractivity contribution in [2.24, 2.45) is 5.92 Å². The Morgan fingerprint density at radius 2 is 2.06 bits per heavy atom. The summed E-state index contributed by atoms with van der Waals surface area (Å²) in [6, 6.07) is 5.22. The van der Waals surface area contributed by atoms with Gasteiger partial charge in [0.25, 0.3) is 0 Å². The average molecular weight is 237 g/mol. The zero-order chi connectivity index (χ0) is 11.4. The van der Waals surface area contributed by atoms with Gasteiger partial charge in [-0.25, -0.2) is 0 Å². The third-order valence-corrected chi connectivity index (χ3v) is 4.70. The number of hydrogen-bond donors (Lipinski definition) is 1. The lowest BCUT2D eigenvalue weighted by molar-refractivity contribution is 0.357.